The van der Waals surface area contributed by atoms with Crippen LogP contribution in [-0.2, 0) is 7.05 Å². The number of nitrogens with zero attached hydrogens (tertiary/aromatic N) is 9. The molecule has 0 spiro atoms. The molecule has 134 valence electrons. The van der Waals surface area contributed by atoms with Gasteiger partial charge in [-0.1, -0.05) is 18.2 Å². The summed E-state index contributed by atoms with van der Waals surface area (Å²) in [6.45, 7) is 2.12. The molecule has 0 radical (unpaired) electrons. The summed E-state index contributed by atoms with van der Waals surface area (Å²) >= 11 is 0. The Morgan fingerprint density at radius 2 is 2.04 bits per heavy atom. The van der Waals surface area contributed by atoms with Crippen molar-refractivity contribution in [3.8, 4) is 11.3 Å². The number of imidazole rings is 1. The molecular formula is C18H17N9. The SMILES string of the molecule is CCC(c1ccc2nccn2c1)n1nnc2ncc(-c3cnn(C)c3)nc21. The van der Waals surface area contributed by atoms with Crippen LogP contribution in [0.2, 0.25) is 0 Å². The predicted molar refractivity (Wildman–Crippen MR) is 98.9 cm³/mol. The monoisotopic (exact) mass is 359 g/mol. The third kappa shape index (κ3) is 2.55. The Balaban J connectivity index is 1.63. The maximum atomic E-state index is 4.77. The Hall–Kier alpha value is -3.62. The summed E-state index contributed by atoms with van der Waals surface area (Å²) in [6, 6.07) is 4.08. The molecule has 9 nitrogen and oxygen atoms in total. The van der Waals surface area contributed by atoms with Crippen LogP contribution in [0.1, 0.15) is 24.9 Å². The van der Waals surface area contributed by atoms with Crippen molar-refractivity contribution in [3.63, 3.8) is 0 Å². The van der Waals surface area contributed by atoms with Gasteiger partial charge in [0, 0.05) is 37.4 Å². The minimum Gasteiger partial charge on any atom is -0.307 e. The zero-order chi connectivity index (χ0) is 18.4. The lowest BCUT2D eigenvalue weighted by Crippen LogP contribution is -2.13. The third-order valence-electron chi connectivity index (χ3n) is 4.67. The highest BCUT2D eigenvalue weighted by atomic mass is 15.5. The van der Waals surface area contributed by atoms with Gasteiger partial charge in [-0.05, 0) is 18.1 Å². The molecule has 5 aromatic rings. The molecule has 0 aliphatic heterocycles. The molecule has 0 saturated heterocycles. The first-order chi connectivity index (χ1) is 13.2. The van der Waals surface area contributed by atoms with Crippen molar-refractivity contribution in [2.24, 2.45) is 7.05 Å². The summed E-state index contributed by atoms with van der Waals surface area (Å²) in [6.07, 6.45) is 12.0. The predicted octanol–water partition coefficient (Wildman–Crippen LogP) is 2.27. The first-order valence-electron chi connectivity index (χ1n) is 8.72. The van der Waals surface area contributed by atoms with Gasteiger partial charge in [0.15, 0.2) is 5.65 Å². The Labute approximate surface area is 154 Å². The summed E-state index contributed by atoms with van der Waals surface area (Å²) < 4.78 is 5.59. The Morgan fingerprint density at radius 3 is 2.85 bits per heavy atom. The molecule has 0 N–H and O–H groups in total. The second-order valence-electron chi connectivity index (χ2n) is 6.42. The molecular weight excluding hydrogens is 342 g/mol. The van der Waals surface area contributed by atoms with Crippen molar-refractivity contribution in [1.29, 1.82) is 0 Å². The summed E-state index contributed by atoms with van der Waals surface area (Å²) in [5.74, 6) is 0. The number of fused-ring (bicyclic) bond motifs is 2. The number of hydrogen-bond donors (Lipinski definition) is 0. The van der Waals surface area contributed by atoms with Gasteiger partial charge < -0.3 is 4.40 Å². The van der Waals surface area contributed by atoms with Crippen LogP contribution in [-0.4, -0.2) is 44.1 Å². The fourth-order valence-electron chi connectivity index (χ4n) is 3.32. The minimum atomic E-state index is 0.000230. The van der Waals surface area contributed by atoms with Crippen molar-refractivity contribution in [3.05, 3.63) is 54.9 Å². The molecule has 0 saturated carbocycles. The average molecular weight is 359 g/mol. The van der Waals surface area contributed by atoms with Gasteiger partial charge in [0.05, 0.1) is 24.1 Å². The van der Waals surface area contributed by atoms with E-state index in [0.717, 1.165) is 28.9 Å². The second-order valence-corrected chi connectivity index (χ2v) is 6.42. The zero-order valence-corrected chi connectivity index (χ0v) is 14.9. The van der Waals surface area contributed by atoms with Crippen LogP contribution in [0.5, 0.6) is 0 Å². The maximum Gasteiger partial charge on any atom is 0.221 e. The van der Waals surface area contributed by atoms with Gasteiger partial charge in [-0.3, -0.25) is 4.68 Å². The molecule has 0 aliphatic carbocycles. The summed E-state index contributed by atoms with van der Waals surface area (Å²) in [5, 5.41) is 12.8. The molecule has 5 rings (SSSR count). The van der Waals surface area contributed by atoms with E-state index in [4.69, 9.17) is 4.98 Å². The van der Waals surface area contributed by atoms with Gasteiger partial charge in [-0.25, -0.2) is 19.6 Å². The van der Waals surface area contributed by atoms with Gasteiger partial charge in [-0.15, -0.1) is 5.10 Å². The Morgan fingerprint density at radius 1 is 1.11 bits per heavy atom. The highest BCUT2D eigenvalue weighted by Gasteiger charge is 2.19. The van der Waals surface area contributed by atoms with Crippen LogP contribution in [0.15, 0.2) is 49.3 Å². The van der Waals surface area contributed by atoms with Crippen molar-refractivity contribution >= 4 is 16.9 Å². The van der Waals surface area contributed by atoms with Gasteiger partial charge in [0.1, 0.15) is 5.65 Å². The van der Waals surface area contributed by atoms with E-state index < -0.39 is 0 Å². The van der Waals surface area contributed by atoms with Crippen molar-refractivity contribution in [2.45, 2.75) is 19.4 Å². The van der Waals surface area contributed by atoms with Crippen LogP contribution in [0.25, 0.3) is 28.2 Å². The number of hydrogen-bond acceptors (Lipinski definition) is 6. The molecule has 0 aliphatic rings. The van der Waals surface area contributed by atoms with Gasteiger partial charge in [0.2, 0.25) is 5.65 Å². The van der Waals surface area contributed by atoms with Crippen LogP contribution in [0.3, 0.4) is 0 Å². The van der Waals surface area contributed by atoms with E-state index in [-0.39, 0.29) is 6.04 Å². The number of rotatable bonds is 4. The molecule has 0 bridgehead atoms. The molecule has 0 fully saturated rings. The molecule has 5 heterocycles. The van der Waals surface area contributed by atoms with Crippen LogP contribution in [0, 0.1) is 0 Å². The lowest BCUT2D eigenvalue weighted by molar-refractivity contribution is 0.503. The molecule has 0 amide bonds. The Kier molecular flexibility index (Phi) is 3.46. The van der Waals surface area contributed by atoms with Gasteiger partial charge in [-0.2, -0.15) is 5.10 Å². The zero-order valence-electron chi connectivity index (χ0n) is 14.9. The third-order valence-corrected chi connectivity index (χ3v) is 4.67. The number of aromatic nitrogens is 9. The smallest absolute Gasteiger partial charge is 0.221 e. The average Bonchev–Trinajstić information content (AvgIpc) is 3.41. The fourth-order valence-corrected chi connectivity index (χ4v) is 3.32. The van der Waals surface area contributed by atoms with E-state index in [9.17, 15) is 0 Å². The quantitative estimate of drug-likeness (QED) is 0.489. The fraction of sp³-hybridized carbons (Fsp3) is 0.222. The largest absolute Gasteiger partial charge is 0.307 e. The highest BCUT2D eigenvalue weighted by molar-refractivity contribution is 5.69. The standard InChI is InChI=1S/C18H17N9/c1-3-15(12-4-5-16-19-6-7-26(16)11-12)27-18-17(23-24-27)20-9-14(22-18)13-8-21-25(2)10-13/h4-11,15H,3H2,1-2H3. The van der Waals surface area contributed by atoms with E-state index in [0.29, 0.717) is 11.3 Å². The topological polar surface area (TPSA) is 91.6 Å². The Bertz CT molecular complexity index is 1250. The lowest BCUT2D eigenvalue weighted by atomic mass is 10.1. The van der Waals surface area contributed by atoms with Gasteiger partial charge >= 0.3 is 0 Å². The maximum absolute atomic E-state index is 4.77. The van der Waals surface area contributed by atoms with Crippen LogP contribution < -0.4 is 0 Å². The van der Waals surface area contributed by atoms with Crippen molar-refractivity contribution in [2.75, 3.05) is 0 Å². The van der Waals surface area contributed by atoms with E-state index in [2.05, 4.69) is 44.6 Å². The second kappa shape index (κ2) is 5.97. The number of aryl methyl sites for hydroxylation is 1. The minimum absolute atomic E-state index is 0.000230. The van der Waals surface area contributed by atoms with Crippen molar-refractivity contribution < 1.29 is 0 Å². The summed E-state index contributed by atoms with van der Waals surface area (Å²) in [4.78, 5) is 13.5. The van der Waals surface area contributed by atoms with E-state index in [1.807, 2.05) is 34.6 Å². The van der Waals surface area contributed by atoms with E-state index in [1.165, 1.54) is 0 Å². The summed E-state index contributed by atoms with van der Waals surface area (Å²) in [7, 11) is 1.88. The first kappa shape index (κ1) is 15.6. The first-order valence-corrected chi connectivity index (χ1v) is 8.72. The number of pyridine rings is 1. The van der Waals surface area contributed by atoms with Crippen LogP contribution in [0.4, 0.5) is 0 Å². The van der Waals surface area contributed by atoms with Crippen molar-refractivity contribution in [1.82, 2.24) is 44.1 Å². The summed E-state index contributed by atoms with van der Waals surface area (Å²) in [5.41, 5.74) is 4.88. The van der Waals surface area contributed by atoms with Gasteiger partial charge in [0.25, 0.3) is 0 Å². The molecule has 0 aromatic carbocycles. The van der Waals surface area contributed by atoms with Crippen LogP contribution >= 0.6 is 0 Å². The van der Waals surface area contributed by atoms with E-state index in [1.54, 1.807) is 23.3 Å². The molecule has 1 unspecified atom stereocenters. The van der Waals surface area contributed by atoms with E-state index >= 15 is 0 Å². The highest BCUT2D eigenvalue weighted by Crippen LogP contribution is 2.25. The lowest BCUT2D eigenvalue weighted by Gasteiger charge is -2.16. The molecule has 1 atom stereocenters. The molecule has 5 aromatic heterocycles. The molecule has 9 heteroatoms. The normalized spacial score (nSPS) is 12.8. The molecule has 27 heavy (non-hydrogen) atoms.